The van der Waals surface area contributed by atoms with Crippen LogP contribution in [0.25, 0.3) is 0 Å². The molecule has 0 saturated heterocycles. The summed E-state index contributed by atoms with van der Waals surface area (Å²) < 4.78 is 0. The number of hydrogen-bond donors (Lipinski definition) is 1. The molecule has 0 spiro atoms. The van der Waals surface area contributed by atoms with Crippen LogP contribution >= 0.6 is 0 Å². The van der Waals surface area contributed by atoms with Crippen molar-refractivity contribution >= 4 is 5.69 Å². The zero-order valence-electron chi connectivity index (χ0n) is 9.64. The number of benzene rings is 1. The lowest BCUT2D eigenvalue weighted by molar-refractivity contribution is 1.12. The van der Waals surface area contributed by atoms with Crippen LogP contribution in [0.1, 0.15) is 16.8 Å². The maximum Gasteiger partial charge on any atom is 0.163 e. The van der Waals surface area contributed by atoms with Crippen molar-refractivity contribution in [1.29, 1.82) is 5.26 Å². The van der Waals surface area contributed by atoms with Crippen LogP contribution in [0.2, 0.25) is 0 Å². The van der Waals surface area contributed by atoms with Crippen molar-refractivity contribution in [1.82, 2.24) is 4.98 Å². The van der Waals surface area contributed by atoms with Crippen LogP contribution in [-0.2, 0) is 6.54 Å². The Morgan fingerprint density at radius 2 is 2.00 bits per heavy atom. The normalized spacial score (nSPS) is 9.65. The lowest BCUT2D eigenvalue weighted by Crippen LogP contribution is -2.02. The van der Waals surface area contributed by atoms with Gasteiger partial charge >= 0.3 is 0 Å². The second kappa shape index (κ2) is 5.13. The largest absolute Gasteiger partial charge is 0.379 e. The minimum atomic E-state index is 0.430. The Morgan fingerprint density at radius 1 is 1.24 bits per heavy atom. The van der Waals surface area contributed by atoms with E-state index < -0.39 is 0 Å². The molecule has 0 bridgehead atoms. The molecule has 1 aromatic heterocycles. The molecule has 0 unspecified atom stereocenters. The number of nitrogens with one attached hydrogen (secondary N) is 1. The molecule has 0 aliphatic carbocycles. The quantitative estimate of drug-likeness (QED) is 0.870. The first-order chi connectivity index (χ1) is 8.29. The minimum absolute atomic E-state index is 0.430. The Labute approximate surface area is 101 Å². The topological polar surface area (TPSA) is 48.7 Å². The first-order valence-electron chi connectivity index (χ1n) is 5.44. The molecule has 0 aliphatic heterocycles. The van der Waals surface area contributed by atoms with Crippen LogP contribution in [0.15, 0.2) is 42.6 Å². The third-order valence-electron chi connectivity index (χ3n) is 2.52. The molecule has 1 N–H and O–H groups in total. The van der Waals surface area contributed by atoms with Crippen LogP contribution in [0, 0.1) is 18.3 Å². The molecular weight excluding hydrogens is 210 g/mol. The van der Waals surface area contributed by atoms with Crippen molar-refractivity contribution < 1.29 is 0 Å². The molecular formula is C14H13N3. The Balaban J connectivity index is 2.08. The summed E-state index contributed by atoms with van der Waals surface area (Å²) in [6, 6.07) is 14.0. The summed E-state index contributed by atoms with van der Waals surface area (Å²) >= 11 is 0. The van der Waals surface area contributed by atoms with Crippen molar-refractivity contribution in [3.8, 4) is 6.07 Å². The van der Waals surface area contributed by atoms with Crippen LogP contribution < -0.4 is 5.32 Å². The van der Waals surface area contributed by atoms with E-state index in [0.717, 1.165) is 5.69 Å². The second-order valence-corrected chi connectivity index (χ2v) is 3.85. The van der Waals surface area contributed by atoms with Gasteiger partial charge in [-0.3, -0.25) is 0 Å². The lowest BCUT2D eigenvalue weighted by atomic mass is 10.1. The molecule has 0 saturated carbocycles. The van der Waals surface area contributed by atoms with Gasteiger partial charge in [-0.15, -0.1) is 0 Å². The van der Waals surface area contributed by atoms with Crippen LogP contribution in [0.5, 0.6) is 0 Å². The van der Waals surface area contributed by atoms with Gasteiger partial charge in [-0.05, 0) is 24.6 Å². The predicted octanol–water partition coefficient (Wildman–Crippen LogP) is 2.87. The molecule has 2 aromatic rings. The first kappa shape index (κ1) is 11.2. The SMILES string of the molecule is Cc1ccc(CNc2cccnc2C#N)cc1. The number of aromatic nitrogens is 1. The van der Waals surface area contributed by atoms with Crippen LogP contribution in [0.3, 0.4) is 0 Å². The van der Waals surface area contributed by atoms with E-state index in [0.29, 0.717) is 12.2 Å². The van der Waals surface area contributed by atoms with E-state index in [-0.39, 0.29) is 0 Å². The highest BCUT2D eigenvalue weighted by molar-refractivity contribution is 5.53. The van der Waals surface area contributed by atoms with Gasteiger partial charge in [0.2, 0.25) is 0 Å². The number of rotatable bonds is 3. The molecule has 1 aromatic carbocycles. The molecule has 3 nitrogen and oxygen atoms in total. The highest BCUT2D eigenvalue weighted by Crippen LogP contribution is 2.12. The van der Waals surface area contributed by atoms with Crippen molar-refractivity contribution in [2.45, 2.75) is 13.5 Å². The number of hydrogen-bond acceptors (Lipinski definition) is 3. The fourth-order valence-corrected chi connectivity index (χ4v) is 1.54. The summed E-state index contributed by atoms with van der Waals surface area (Å²) in [5.41, 5.74) is 3.63. The summed E-state index contributed by atoms with van der Waals surface area (Å²) in [6.45, 7) is 2.76. The van der Waals surface area contributed by atoms with Gasteiger partial charge in [0.05, 0.1) is 5.69 Å². The number of nitrogens with zero attached hydrogens (tertiary/aromatic N) is 2. The maximum atomic E-state index is 8.90. The first-order valence-corrected chi connectivity index (χ1v) is 5.44. The van der Waals surface area contributed by atoms with Crippen molar-refractivity contribution in [2.24, 2.45) is 0 Å². The predicted molar refractivity (Wildman–Crippen MR) is 67.5 cm³/mol. The monoisotopic (exact) mass is 223 g/mol. The van der Waals surface area contributed by atoms with E-state index in [2.05, 4.69) is 47.6 Å². The van der Waals surface area contributed by atoms with Gasteiger partial charge in [0.15, 0.2) is 5.69 Å². The number of nitriles is 1. The zero-order chi connectivity index (χ0) is 12.1. The molecule has 84 valence electrons. The standard InChI is InChI=1S/C14H13N3/c1-11-4-6-12(7-5-11)10-17-13-3-2-8-16-14(13)9-15/h2-8,17H,10H2,1H3. The Morgan fingerprint density at radius 3 is 2.71 bits per heavy atom. The van der Waals surface area contributed by atoms with Gasteiger partial charge in [-0.2, -0.15) is 5.26 Å². The van der Waals surface area contributed by atoms with Crippen LogP contribution in [0.4, 0.5) is 5.69 Å². The number of aryl methyl sites for hydroxylation is 1. The highest BCUT2D eigenvalue weighted by Gasteiger charge is 2.01. The van der Waals surface area contributed by atoms with E-state index >= 15 is 0 Å². The van der Waals surface area contributed by atoms with Crippen molar-refractivity contribution in [2.75, 3.05) is 5.32 Å². The third-order valence-corrected chi connectivity index (χ3v) is 2.52. The molecule has 0 fully saturated rings. The smallest absolute Gasteiger partial charge is 0.163 e. The fourth-order valence-electron chi connectivity index (χ4n) is 1.54. The third kappa shape index (κ3) is 2.82. The van der Waals surface area contributed by atoms with E-state index in [4.69, 9.17) is 5.26 Å². The fraction of sp³-hybridized carbons (Fsp3) is 0.143. The summed E-state index contributed by atoms with van der Waals surface area (Å²) in [6.07, 6.45) is 1.62. The lowest BCUT2D eigenvalue weighted by Gasteiger charge is -2.07. The average Bonchev–Trinajstić information content (AvgIpc) is 2.38. The molecule has 2 rings (SSSR count). The van der Waals surface area contributed by atoms with E-state index in [1.165, 1.54) is 11.1 Å². The van der Waals surface area contributed by atoms with Crippen molar-refractivity contribution in [3.05, 3.63) is 59.4 Å². The molecule has 17 heavy (non-hydrogen) atoms. The Kier molecular flexibility index (Phi) is 3.37. The number of pyridine rings is 1. The van der Waals surface area contributed by atoms with Crippen LogP contribution in [-0.4, -0.2) is 4.98 Å². The molecule has 0 aliphatic rings. The summed E-state index contributed by atoms with van der Waals surface area (Å²) in [5, 5.41) is 12.1. The number of anilines is 1. The Hall–Kier alpha value is -2.34. The minimum Gasteiger partial charge on any atom is -0.379 e. The van der Waals surface area contributed by atoms with E-state index in [1.807, 2.05) is 12.1 Å². The molecule has 0 amide bonds. The van der Waals surface area contributed by atoms with Crippen molar-refractivity contribution in [3.63, 3.8) is 0 Å². The van der Waals surface area contributed by atoms with Gasteiger partial charge in [0.25, 0.3) is 0 Å². The van der Waals surface area contributed by atoms with Gasteiger partial charge in [-0.1, -0.05) is 29.8 Å². The summed E-state index contributed by atoms with van der Waals surface area (Å²) in [4.78, 5) is 4.00. The summed E-state index contributed by atoms with van der Waals surface area (Å²) in [7, 11) is 0. The maximum absolute atomic E-state index is 8.90. The Bertz CT molecular complexity index is 538. The summed E-state index contributed by atoms with van der Waals surface area (Å²) in [5.74, 6) is 0. The van der Waals surface area contributed by atoms with Gasteiger partial charge in [-0.25, -0.2) is 4.98 Å². The average molecular weight is 223 g/mol. The van der Waals surface area contributed by atoms with E-state index in [9.17, 15) is 0 Å². The molecule has 1 heterocycles. The van der Waals surface area contributed by atoms with Gasteiger partial charge < -0.3 is 5.32 Å². The molecule has 3 heteroatoms. The molecule has 0 radical (unpaired) electrons. The van der Waals surface area contributed by atoms with Gasteiger partial charge in [0, 0.05) is 12.7 Å². The second-order valence-electron chi connectivity index (χ2n) is 3.85. The highest BCUT2D eigenvalue weighted by atomic mass is 14.9. The molecule has 0 atom stereocenters. The van der Waals surface area contributed by atoms with E-state index in [1.54, 1.807) is 6.20 Å². The van der Waals surface area contributed by atoms with Gasteiger partial charge in [0.1, 0.15) is 6.07 Å². The zero-order valence-corrected chi connectivity index (χ0v) is 9.64.